The molecule has 1 aromatic carbocycles. The SMILES string of the molecule is CCNC(=NCC1(CCOCC)CCCC1)NCC(O)c1ccc(OC)cc1. The molecule has 3 N–H and O–H groups in total. The summed E-state index contributed by atoms with van der Waals surface area (Å²) in [5, 5.41) is 17.0. The van der Waals surface area contributed by atoms with Crippen molar-refractivity contribution in [2.75, 3.05) is 40.0 Å². The number of aliphatic imine (C=N–C) groups is 1. The molecule has 0 aliphatic heterocycles. The number of hydrogen-bond donors (Lipinski definition) is 3. The van der Waals surface area contributed by atoms with Crippen LogP contribution in [0, 0.1) is 5.41 Å². The zero-order valence-electron chi connectivity index (χ0n) is 17.7. The lowest BCUT2D eigenvalue weighted by molar-refractivity contribution is 0.107. The Morgan fingerprint density at radius 1 is 1.18 bits per heavy atom. The zero-order chi connectivity index (χ0) is 20.2. The number of aliphatic hydroxyl groups is 1. The number of ether oxygens (including phenoxy) is 2. The van der Waals surface area contributed by atoms with Crippen molar-refractivity contribution >= 4 is 5.96 Å². The second-order valence-corrected chi connectivity index (χ2v) is 7.52. The van der Waals surface area contributed by atoms with Gasteiger partial charge in [0.25, 0.3) is 0 Å². The summed E-state index contributed by atoms with van der Waals surface area (Å²) in [6.45, 7) is 7.67. The topological polar surface area (TPSA) is 75.1 Å². The van der Waals surface area contributed by atoms with Crippen LogP contribution >= 0.6 is 0 Å². The maximum absolute atomic E-state index is 10.5. The lowest BCUT2D eigenvalue weighted by Crippen LogP contribution is -2.40. The average molecular weight is 392 g/mol. The third-order valence-corrected chi connectivity index (χ3v) is 5.53. The molecule has 0 heterocycles. The van der Waals surface area contributed by atoms with Crippen LogP contribution in [-0.2, 0) is 4.74 Å². The third-order valence-electron chi connectivity index (χ3n) is 5.53. The van der Waals surface area contributed by atoms with Crippen LogP contribution in [0.25, 0.3) is 0 Å². The quantitative estimate of drug-likeness (QED) is 0.307. The largest absolute Gasteiger partial charge is 0.497 e. The molecule has 1 atom stereocenters. The minimum Gasteiger partial charge on any atom is -0.497 e. The maximum Gasteiger partial charge on any atom is 0.191 e. The Bertz CT molecular complexity index is 583. The molecule has 6 nitrogen and oxygen atoms in total. The van der Waals surface area contributed by atoms with Crippen molar-refractivity contribution in [2.24, 2.45) is 10.4 Å². The molecule has 0 bridgehead atoms. The molecular formula is C22H37N3O3. The van der Waals surface area contributed by atoms with Crippen molar-refractivity contribution in [3.63, 3.8) is 0 Å². The highest BCUT2D eigenvalue weighted by atomic mass is 16.5. The molecule has 2 rings (SSSR count). The zero-order valence-corrected chi connectivity index (χ0v) is 17.7. The molecule has 1 unspecified atom stereocenters. The van der Waals surface area contributed by atoms with E-state index in [1.165, 1.54) is 25.7 Å². The van der Waals surface area contributed by atoms with Crippen molar-refractivity contribution in [2.45, 2.75) is 52.1 Å². The molecule has 1 aromatic rings. The van der Waals surface area contributed by atoms with Gasteiger partial charge in [0.05, 0.1) is 13.2 Å². The van der Waals surface area contributed by atoms with E-state index in [4.69, 9.17) is 14.5 Å². The minimum absolute atomic E-state index is 0.256. The van der Waals surface area contributed by atoms with E-state index in [9.17, 15) is 5.11 Å². The molecular weight excluding hydrogens is 354 g/mol. The van der Waals surface area contributed by atoms with Crippen molar-refractivity contribution in [3.05, 3.63) is 29.8 Å². The Morgan fingerprint density at radius 3 is 2.50 bits per heavy atom. The lowest BCUT2D eigenvalue weighted by Gasteiger charge is -2.27. The van der Waals surface area contributed by atoms with Crippen LogP contribution < -0.4 is 15.4 Å². The van der Waals surface area contributed by atoms with Crippen LogP contribution in [0.15, 0.2) is 29.3 Å². The first kappa shape index (κ1) is 22.5. The van der Waals surface area contributed by atoms with Gasteiger partial charge in [-0.25, -0.2) is 0 Å². The number of rotatable bonds is 11. The van der Waals surface area contributed by atoms with E-state index in [2.05, 4.69) is 17.6 Å². The number of benzene rings is 1. The first-order valence-corrected chi connectivity index (χ1v) is 10.5. The molecule has 0 aromatic heterocycles. The van der Waals surface area contributed by atoms with Gasteiger partial charge in [0, 0.05) is 32.8 Å². The molecule has 1 aliphatic carbocycles. The fourth-order valence-corrected chi connectivity index (χ4v) is 3.77. The van der Waals surface area contributed by atoms with Gasteiger partial charge in [-0.1, -0.05) is 25.0 Å². The van der Waals surface area contributed by atoms with Gasteiger partial charge in [-0.3, -0.25) is 4.99 Å². The number of nitrogens with zero attached hydrogens (tertiary/aromatic N) is 1. The molecule has 6 heteroatoms. The second-order valence-electron chi connectivity index (χ2n) is 7.52. The smallest absolute Gasteiger partial charge is 0.191 e. The second kappa shape index (κ2) is 11.9. The molecule has 0 saturated heterocycles. The van der Waals surface area contributed by atoms with E-state index in [0.29, 0.717) is 6.54 Å². The van der Waals surface area contributed by atoms with Crippen molar-refractivity contribution in [1.82, 2.24) is 10.6 Å². The Kier molecular flexibility index (Phi) is 9.58. The molecule has 1 fully saturated rings. The standard InChI is InChI=1S/C22H37N3O3/c1-4-23-21(24-16-20(26)18-8-10-19(27-3)11-9-18)25-17-22(12-6-7-13-22)14-15-28-5-2/h8-11,20,26H,4-7,12-17H2,1-3H3,(H2,23,24,25). The molecule has 0 radical (unpaired) electrons. The monoisotopic (exact) mass is 391 g/mol. The molecule has 158 valence electrons. The van der Waals surface area contributed by atoms with E-state index in [1.807, 2.05) is 31.2 Å². The Labute approximate surface area is 169 Å². The summed E-state index contributed by atoms with van der Waals surface area (Å²) in [7, 11) is 1.64. The number of methoxy groups -OCH3 is 1. The van der Waals surface area contributed by atoms with Gasteiger partial charge in [0.15, 0.2) is 5.96 Å². The predicted octanol–water partition coefficient (Wildman–Crippen LogP) is 3.27. The fourth-order valence-electron chi connectivity index (χ4n) is 3.77. The molecule has 0 amide bonds. The van der Waals surface area contributed by atoms with Crippen LogP contribution in [-0.4, -0.2) is 51.0 Å². The number of guanidine groups is 1. The van der Waals surface area contributed by atoms with Crippen LogP contribution in [0.1, 0.15) is 57.6 Å². The van der Waals surface area contributed by atoms with Crippen LogP contribution in [0.4, 0.5) is 0 Å². The number of aliphatic hydroxyl groups excluding tert-OH is 1. The number of nitrogens with one attached hydrogen (secondary N) is 2. The van der Waals surface area contributed by atoms with Crippen molar-refractivity contribution < 1.29 is 14.6 Å². The summed E-state index contributed by atoms with van der Waals surface area (Å²) in [5.41, 5.74) is 1.11. The number of hydrogen-bond acceptors (Lipinski definition) is 4. The van der Waals surface area contributed by atoms with Crippen molar-refractivity contribution in [1.29, 1.82) is 0 Å². The summed E-state index contributed by atoms with van der Waals surface area (Å²) in [6, 6.07) is 7.49. The highest BCUT2D eigenvalue weighted by Crippen LogP contribution is 2.41. The van der Waals surface area contributed by atoms with E-state index in [-0.39, 0.29) is 5.41 Å². The molecule has 1 aliphatic rings. The Balaban J connectivity index is 1.92. The first-order valence-electron chi connectivity index (χ1n) is 10.5. The van der Waals surface area contributed by atoms with Gasteiger partial charge in [-0.2, -0.15) is 0 Å². The van der Waals surface area contributed by atoms with Gasteiger partial charge in [0.1, 0.15) is 5.75 Å². The normalized spacial score (nSPS) is 17.4. The van der Waals surface area contributed by atoms with Crippen LogP contribution in [0.3, 0.4) is 0 Å². The highest BCUT2D eigenvalue weighted by Gasteiger charge is 2.33. The first-order chi connectivity index (χ1) is 13.6. The van der Waals surface area contributed by atoms with E-state index < -0.39 is 6.10 Å². The van der Waals surface area contributed by atoms with E-state index in [1.54, 1.807) is 7.11 Å². The van der Waals surface area contributed by atoms with Gasteiger partial charge in [-0.15, -0.1) is 0 Å². The lowest BCUT2D eigenvalue weighted by atomic mass is 9.83. The molecule has 0 spiro atoms. The molecule has 1 saturated carbocycles. The maximum atomic E-state index is 10.5. The summed E-state index contributed by atoms with van der Waals surface area (Å²) in [6.07, 6.45) is 5.46. The minimum atomic E-state index is -0.604. The van der Waals surface area contributed by atoms with Crippen molar-refractivity contribution in [3.8, 4) is 5.75 Å². The van der Waals surface area contributed by atoms with Crippen LogP contribution in [0.5, 0.6) is 5.75 Å². The fraction of sp³-hybridized carbons (Fsp3) is 0.682. The van der Waals surface area contributed by atoms with Gasteiger partial charge < -0.3 is 25.2 Å². The summed E-state index contributed by atoms with van der Waals surface area (Å²) in [4.78, 5) is 4.85. The van der Waals surface area contributed by atoms with Crippen LogP contribution in [0.2, 0.25) is 0 Å². The van der Waals surface area contributed by atoms with E-state index >= 15 is 0 Å². The third kappa shape index (κ3) is 6.99. The Hall–Kier alpha value is -1.79. The molecule has 28 heavy (non-hydrogen) atoms. The average Bonchev–Trinajstić information content (AvgIpc) is 3.19. The predicted molar refractivity (Wildman–Crippen MR) is 114 cm³/mol. The summed E-state index contributed by atoms with van der Waals surface area (Å²) >= 11 is 0. The summed E-state index contributed by atoms with van der Waals surface area (Å²) < 4.78 is 10.8. The Morgan fingerprint density at radius 2 is 1.89 bits per heavy atom. The van der Waals surface area contributed by atoms with Gasteiger partial charge in [0.2, 0.25) is 0 Å². The highest BCUT2D eigenvalue weighted by molar-refractivity contribution is 5.79. The van der Waals surface area contributed by atoms with E-state index in [0.717, 1.165) is 50.0 Å². The summed E-state index contributed by atoms with van der Waals surface area (Å²) in [5.74, 6) is 1.55. The van der Waals surface area contributed by atoms with Gasteiger partial charge in [-0.05, 0) is 56.2 Å². The van der Waals surface area contributed by atoms with Gasteiger partial charge >= 0.3 is 0 Å².